The van der Waals surface area contributed by atoms with Crippen molar-refractivity contribution in [2.45, 2.75) is 37.6 Å². The summed E-state index contributed by atoms with van der Waals surface area (Å²) in [5.74, 6) is 1.32. The van der Waals surface area contributed by atoms with Gasteiger partial charge in [-0.15, -0.1) is 0 Å². The van der Waals surface area contributed by atoms with Crippen LogP contribution in [0.15, 0.2) is 60.7 Å². The first-order valence-electron chi connectivity index (χ1n) is 11.3. The SMILES string of the molecule is CC(=O)Nc1cc2c3c(c1)[C@H]1C=CC[C@H]1[C@H](c1cccc([N+](=O)[O-])c1)N3C[C@@H]1CC=C[C@H]21. The van der Waals surface area contributed by atoms with Crippen LogP contribution in [0, 0.1) is 22.0 Å². The van der Waals surface area contributed by atoms with E-state index in [1.54, 1.807) is 19.1 Å². The molecule has 1 N–H and O–H groups in total. The van der Waals surface area contributed by atoms with E-state index in [1.165, 1.54) is 16.8 Å². The van der Waals surface area contributed by atoms with Gasteiger partial charge < -0.3 is 10.2 Å². The number of allylic oxidation sites excluding steroid dienone is 4. The summed E-state index contributed by atoms with van der Waals surface area (Å²) in [6.07, 6.45) is 11.1. The molecule has 0 saturated carbocycles. The van der Waals surface area contributed by atoms with Gasteiger partial charge in [-0.2, -0.15) is 0 Å². The number of rotatable bonds is 3. The molecule has 1 amide bonds. The van der Waals surface area contributed by atoms with Crippen LogP contribution in [0.3, 0.4) is 0 Å². The second kappa shape index (κ2) is 7.05. The Labute approximate surface area is 186 Å². The van der Waals surface area contributed by atoms with Gasteiger partial charge in [0, 0.05) is 48.8 Å². The number of carbonyl (C=O) groups excluding carboxylic acids is 1. The topological polar surface area (TPSA) is 75.5 Å². The molecular formula is C26H25N3O3. The lowest BCUT2D eigenvalue weighted by atomic mass is 9.70. The minimum atomic E-state index is -0.303. The molecule has 5 atom stereocenters. The fourth-order valence-corrected chi connectivity index (χ4v) is 6.45. The number of nitro groups is 1. The van der Waals surface area contributed by atoms with Gasteiger partial charge in [-0.1, -0.05) is 36.4 Å². The minimum Gasteiger partial charge on any atom is -0.363 e. The largest absolute Gasteiger partial charge is 0.363 e. The maximum absolute atomic E-state index is 11.8. The Balaban J connectivity index is 1.56. The number of amides is 1. The van der Waals surface area contributed by atoms with Crippen molar-refractivity contribution >= 4 is 23.0 Å². The van der Waals surface area contributed by atoms with E-state index < -0.39 is 0 Å². The van der Waals surface area contributed by atoms with E-state index in [-0.39, 0.29) is 28.5 Å². The highest BCUT2D eigenvalue weighted by atomic mass is 16.6. The molecule has 0 radical (unpaired) electrons. The number of nitrogens with zero attached hydrogens (tertiary/aromatic N) is 2. The van der Waals surface area contributed by atoms with Gasteiger partial charge in [0.1, 0.15) is 0 Å². The molecule has 0 saturated heterocycles. The molecule has 4 aliphatic rings. The minimum absolute atomic E-state index is 0.0628. The fraction of sp³-hybridized carbons (Fsp3) is 0.346. The van der Waals surface area contributed by atoms with Gasteiger partial charge in [-0.3, -0.25) is 14.9 Å². The molecule has 2 aliphatic heterocycles. The number of anilines is 2. The summed E-state index contributed by atoms with van der Waals surface area (Å²) in [7, 11) is 0. The lowest BCUT2D eigenvalue weighted by molar-refractivity contribution is -0.384. The highest BCUT2D eigenvalue weighted by Gasteiger charge is 2.48. The summed E-state index contributed by atoms with van der Waals surface area (Å²) in [6.45, 7) is 2.49. The Morgan fingerprint density at radius 3 is 2.62 bits per heavy atom. The Hall–Kier alpha value is -3.41. The Kier molecular flexibility index (Phi) is 4.25. The standard InChI is InChI=1S/C26H25N3O3/c1-15(30)27-18-12-23-20-8-3-6-17(20)14-28-25(16-5-2-7-19(11-16)29(31)32)22-10-4-9-21(22)24(13-18)26(23)28/h2-5,7-9,11-13,17,20-22,25H,6,10,14H2,1H3,(H,27,30)/t17-,20-,21-,22+,25-/m0/s1. The molecule has 2 aromatic carbocycles. The van der Waals surface area contributed by atoms with Crippen molar-refractivity contribution in [1.29, 1.82) is 0 Å². The number of carbonyl (C=O) groups is 1. The first kappa shape index (κ1) is 19.3. The van der Waals surface area contributed by atoms with Gasteiger partial charge in [-0.25, -0.2) is 0 Å². The molecule has 2 heterocycles. The van der Waals surface area contributed by atoms with Crippen LogP contribution in [0.2, 0.25) is 0 Å². The lowest BCUT2D eigenvalue weighted by Gasteiger charge is -2.51. The van der Waals surface area contributed by atoms with Gasteiger partial charge >= 0.3 is 0 Å². The third-order valence-electron chi connectivity index (χ3n) is 7.59. The van der Waals surface area contributed by atoms with Crippen LogP contribution in [-0.2, 0) is 4.79 Å². The molecule has 2 aromatic rings. The Bertz CT molecular complexity index is 1180. The van der Waals surface area contributed by atoms with E-state index in [4.69, 9.17) is 0 Å². The molecule has 2 aliphatic carbocycles. The van der Waals surface area contributed by atoms with Crippen LogP contribution in [-0.4, -0.2) is 17.4 Å². The molecule has 32 heavy (non-hydrogen) atoms. The summed E-state index contributed by atoms with van der Waals surface area (Å²) in [4.78, 5) is 25.5. The van der Waals surface area contributed by atoms with E-state index in [0.29, 0.717) is 17.8 Å². The van der Waals surface area contributed by atoms with Crippen LogP contribution in [0.25, 0.3) is 0 Å². The summed E-state index contributed by atoms with van der Waals surface area (Å²) in [5, 5.41) is 14.5. The predicted octanol–water partition coefficient (Wildman–Crippen LogP) is 5.45. The van der Waals surface area contributed by atoms with Crippen LogP contribution in [0.1, 0.15) is 54.3 Å². The van der Waals surface area contributed by atoms with E-state index in [1.807, 2.05) is 12.1 Å². The molecule has 0 fully saturated rings. The average molecular weight is 428 g/mol. The van der Waals surface area contributed by atoms with E-state index in [9.17, 15) is 14.9 Å². The summed E-state index contributed by atoms with van der Waals surface area (Å²) >= 11 is 0. The number of fused-ring (bicyclic) bond motifs is 4. The van der Waals surface area contributed by atoms with Crippen molar-refractivity contribution in [3.63, 3.8) is 0 Å². The molecule has 162 valence electrons. The maximum Gasteiger partial charge on any atom is 0.269 e. The Morgan fingerprint density at radius 2 is 1.84 bits per heavy atom. The number of hydrogen-bond acceptors (Lipinski definition) is 4. The molecule has 6 nitrogen and oxygen atoms in total. The smallest absolute Gasteiger partial charge is 0.269 e. The van der Waals surface area contributed by atoms with E-state index in [2.05, 4.69) is 46.7 Å². The predicted molar refractivity (Wildman–Crippen MR) is 124 cm³/mol. The second-order valence-electron chi connectivity index (χ2n) is 9.44. The van der Waals surface area contributed by atoms with Crippen LogP contribution < -0.4 is 10.2 Å². The van der Waals surface area contributed by atoms with Crippen molar-refractivity contribution in [2.24, 2.45) is 11.8 Å². The number of nitrogens with one attached hydrogen (secondary N) is 1. The third-order valence-corrected chi connectivity index (χ3v) is 7.59. The Morgan fingerprint density at radius 1 is 1.09 bits per heavy atom. The van der Waals surface area contributed by atoms with Gasteiger partial charge in [0.05, 0.1) is 11.0 Å². The van der Waals surface area contributed by atoms with Crippen LogP contribution >= 0.6 is 0 Å². The summed E-state index contributed by atoms with van der Waals surface area (Å²) in [6, 6.07) is 11.6. The number of nitro benzene ring substituents is 1. The maximum atomic E-state index is 11.8. The molecular weight excluding hydrogens is 402 g/mol. The molecule has 6 heteroatoms. The zero-order chi connectivity index (χ0) is 22.0. The zero-order valence-corrected chi connectivity index (χ0v) is 17.9. The van der Waals surface area contributed by atoms with Gasteiger partial charge in [0.25, 0.3) is 5.69 Å². The number of hydrogen-bond donors (Lipinski definition) is 1. The van der Waals surface area contributed by atoms with Crippen molar-refractivity contribution in [3.05, 3.63) is 87.5 Å². The fourth-order valence-electron chi connectivity index (χ4n) is 6.45. The van der Waals surface area contributed by atoms with Crippen molar-refractivity contribution in [2.75, 3.05) is 16.8 Å². The summed E-state index contributed by atoms with van der Waals surface area (Å²) in [5.41, 5.74) is 5.83. The molecule has 0 aromatic heterocycles. The van der Waals surface area contributed by atoms with Gasteiger partial charge in [0.2, 0.25) is 5.91 Å². The molecule has 0 spiro atoms. The third kappa shape index (κ3) is 2.82. The number of non-ortho nitro benzene ring substituents is 1. The molecule has 0 unspecified atom stereocenters. The van der Waals surface area contributed by atoms with E-state index >= 15 is 0 Å². The first-order chi connectivity index (χ1) is 15.5. The first-order valence-corrected chi connectivity index (χ1v) is 11.3. The summed E-state index contributed by atoms with van der Waals surface area (Å²) < 4.78 is 0. The molecule has 6 rings (SSSR count). The van der Waals surface area contributed by atoms with Crippen LogP contribution in [0.5, 0.6) is 0 Å². The van der Waals surface area contributed by atoms with E-state index in [0.717, 1.165) is 30.6 Å². The normalized spacial score (nSPS) is 28.8. The zero-order valence-electron chi connectivity index (χ0n) is 17.9. The second-order valence-corrected chi connectivity index (χ2v) is 9.44. The van der Waals surface area contributed by atoms with Crippen LogP contribution in [0.4, 0.5) is 17.1 Å². The highest BCUT2D eigenvalue weighted by Crippen LogP contribution is 2.59. The van der Waals surface area contributed by atoms with Gasteiger partial charge in [-0.05, 0) is 53.5 Å². The lowest BCUT2D eigenvalue weighted by Crippen LogP contribution is -2.46. The highest BCUT2D eigenvalue weighted by molar-refractivity contribution is 5.90. The quantitative estimate of drug-likeness (QED) is 0.402. The van der Waals surface area contributed by atoms with Crippen molar-refractivity contribution < 1.29 is 9.72 Å². The van der Waals surface area contributed by atoms with Crippen molar-refractivity contribution in [1.82, 2.24) is 0 Å². The molecule has 0 bridgehead atoms. The monoisotopic (exact) mass is 427 g/mol. The van der Waals surface area contributed by atoms with Crippen molar-refractivity contribution in [3.8, 4) is 0 Å². The van der Waals surface area contributed by atoms with Gasteiger partial charge in [0.15, 0.2) is 0 Å². The average Bonchev–Trinajstić information content (AvgIpc) is 3.43. The number of benzene rings is 2.